The minimum Gasteiger partial charge on any atom is -0.353 e. The number of carbonyl (C=O) groups excluding carboxylic acids is 1. The molecule has 5 heteroatoms. The van der Waals surface area contributed by atoms with Crippen LogP contribution < -0.4 is 11.1 Å². The van der Waals surface area contributed by atoms with E-state index in [0.29, 0.717) is 6.54 Å². The van der Waals surface area contributed by atoms with E-state index < -0.39 is 0 Å². The van der Waals surface area contributed by atoms with Crippen molar-refractivity contribution in [2.24, 2.45) is 5.73 Å². The van der Waals surface area contributed by atoms with Gasteiger partial charge in [0.05, 0.1) is 0 Å². The third kappa shape index (κ3) is 3.57. The molecule has 0 radical (unpaired) electrons. The van der Waals surface area contributed by atoms with Crippen molar-refractivity contribution in [2.45, 2.75) is 25.9 Å². The van der Waals surface area contributed by atoms with E-state index in [1.807, 2.05) is 6.92 Å². The number of hydrogen-bond acceptors (Lipinski definition) is 3. The Morgan fingerprint density at radius 3 is 3.07 bits per heavy atom. The van der Waals surface area contributed by atoms with Gasteiger partial charge in [-0.1, -0.05) is 6.92 Å². The average molecular weight is 196 g/mol. The highest BCUT2D eigenvalue weighted by Gasteiger charge is 2.04. The fourth-order valence-electron chi connectivity index (χ4n) is 0.986. The highest BCUT2D eigenvalue weighted by atomic mass is 16.2. The number of nitrogens with zero attached hydrogens (tertiary/aromatic N) is 2. The molecule has 0 saturated carbocycles. The molecule has 0 aliphatic heterocycles. The lowest BCUT2D eigenvalue weighted by atomic mass is 10.2. The summed E-state index contributed by atoms with van der Waals surface area (Å²) in [5.41, 5.74) is 5.66. The first kappa shape index (κ1) is 10.7. The van der Waals surface area contributed by atoms with Gasteiger partial charge in [0.1, 0.15) is 6.54 Å². The smallest absolute Gasteiger partial charge is 0.241 e. The molecule has 0 aliphatic rings. The first-order chi connectivity index (χ1) is 6.72. The number of aromatic nitrogens is 2. The quantitative estimate of drug-likeness (QED) is 0.681. The molecule has 1 amide bonds. The lowest BCUT2D eigenvalue weighted by Gasteiger charge is -2.09. The molecule has 1 rings (SSSR count). The van der Waals surface area contributed by atoms with E-state index >= 15 is 0 Å². The topological polar surface area (TPSA) is 72.9 Å². The van der Waals surface area contributed by atoms with Crippen molar-refractivity contribution >= 4 is 5.91 Å². The second kappa shape index (κ2) is 5.39. The van der Waals surface area contributed by atoms with Gasteiger partial charge in [0.2, 0.25) is 5.91 Å². The van der Waals surface area contributed by atoms with Crippen molar-refractivity contribution in [1.82, 2.24) is 15.1 Å². The Balaban J connectivity index is 2.23. The van der Waals surface area contributed by atoms with Crippen molar-refractivity contribution in [3.63, 3.8) is 0 Å². The Labute approximate surface area is 83.3 Å². The molecule has 0 aromatic carbocycles. The molecule has 3 N–H and O–H groups in total. The Hall–Kier alpha value is -1.36. The lowest BCUT2D eigenvalue weighted by Crippen LogP contribution is -2.38. The first-order valence-electron chi connectivity index (χ1n) is 4.72. The maximum Gasteiger partial charge on any atom is 0.241 e. The third-order valence-electron chi connectivity index (χ3n) is 1.95. The summed E-state index contributed by atoms with van der Waals surface area (Å²) in [5.74, 6) is -0.0578. The molecule has 5 nitrogen and oxygen atoms in total. The van der Waals surface area contributed by atoms with Crippen molar-refractivity contribution in [1.29, 1.82) is 0 Å². The molecule has 1 atom stereocenters. The maximum atomic E-state index is 11.3. The SMILES string of the molecule is CCC(N)CNC(=O)Cn1cccn1. The lowest BCUT2D eigenvalue weighted by molar-refractivity contribution is -0.121. The van der Waals surface area contributed by atoms with Crippen LogP contribution >= 0.6 is 0 Å². The van der Waals surface area contributed by atoms with Gasteiger partial charge >= 0.3 is 0 Å². The molecule has 0 fully saturated rings. The summed E-state index contributed by atoms with van der Waals surface area (Å²) in [7, 11) is 0. The molecule has 14 heavy (non-hydrogen) atoms. The maximum absolute atomic E-state index is 11.3. The Morgan fingerprint density at radius 2 is 2.50 bits per heavy atom. The zero-order valence-corrected chi connectivity index (χ0v) is 8.31. The molecular weight excluding hydrogens is 180 g/mol. The zero-order valence-electron chi connectivity index (χ0n) is 8.31. The summed E-state index contributed by atoms with van der Waals surface area (Å²) >= 11 is 0. The van der Waals surface area contributed by atoms with Crippen molar-refractivity contribution in [2.75, 3.05) is 6.54 Å². The van der Waals surface area contributed by atoms with Gasteiger partial charge < -0.3 is 11.1 Å². The summed E-state index contributed by atoms with van der Waals surface area (Å²) in [6.45, 7) is 2.77. The van der Waals surface area contributed by atoms with E-state index in [4.69, 9.17) is 5.73 Å². The van der Waals surface area contributed by atoms with Crippen LogP contribution in [0.2, 0.25) is 0 Å². The van der Waals surface area contributed by atoms with Crippen molar-refractivity contribution < 1.29 is 4.79 Å². The fourth-order valence-corrected chi connectivity index (χ4v) is 0.986. The van der Waals surface area contributed by atoms with Crippen LogP contribution in [-0.2, 0) is 11.3 Å². The van der Waals surface area contributed by atoms with Crippen LogP contribution in [0.4, 0.5) is 0 Å². The largest absolute Gasteiger partial charge is 0.353 e. The molecule has 0 spiro atoms. The number of nitrogens with one attached hydrogen (secondary N) is 1. The molecule has 1 unspecified atom stereocenters. The van der Waals surface area contributed by atoms with Gasteiger partial charge in [-0.15, -0.1) is 0 Å². The minimum atomic E-state index is -0.0578. The molecule has 0 aliphatic carbocycles. The van der Waals surface area contributed by atoms with E-state index in [0.717, 1.165) is 6.42 Å². The normalized spacial score (nSPS) is 12.4. The molecule has 1 aromatic rings. The van der Waals surface area contributed by atoms with Gasteiger partial charge in [0.25, 0.3) is 0 Å². The van der Waals surface area contributed by atoms with Crippen LogP contribution in [0.5, 0.6) is 0 Å². The second-order valence-corrected chi connectivity index (χ2v) is 3.18. The van der Waals surface area contributed by atoms with Crippen LogP contribution in [0.25, 0.3) is 0 Å². The van der Waals surface area contributed by atoms with E-state index in [1.165, 1.54) is 0 Å². The highest BCUT2D eigenvalue weighted by molar-refractivity contribution is 5.75. The number of hydrogen-bond donors (Lipinski definition) is 2. The predicted molar refractivity (Wildman–Crippen MR) is 53.5 cm³/mol. The van der Waals surface area contributed by atoms with E-state index in [-0.39, 0.29) is 18.5 Å². The van der Waals surface area contributed by atoms with Gasteiger partial charge in [-0.3, -0.25) is 9.48 Å². The van der Waals surface area contributed by atoms with E-state index in [2.05, 4.69) is 10.4 Å². The third-order valence-corrected chi connectivity index (χ3v) is 1.95. The summed E-state index contributed by atoms with van der Waals surface area (Å²) in [5, 5.41) is 6.67. The average Bonchev–Trinajstić information content (AvgIpc) is 2.66. The van der Waals surface area contributed by atoms with Crippen LogP contribution in [0.1, 0.15) is 13.3 Å². The Bertz CT molecular complexity index is 270. The number of carbonyl (C=O) groups is 1. The number of rotatable bonds is 5. The van der Waals surface area contributed by atoms with Crippen LogP contribution in [0, 0.1) is 0 Å². The van der Waals surface area contributed by atoms with Crippen LogP contribution in [-0.4, -0.2) is 28.3 Å². The highest BCUT2D eigenvalue weighted by Crippen LogP contribution is 1.86. The first-order valence-corrected chi connectivity index (χ1v) is 4.72. The zero-order chi connectivity index (χ0) is 10.4. The molecular formula is C9H16N4O. The summed E-state index contributed by atoms with van der Waals surface area (Å²) < 4.78 is 1.58. The minimum absolute atomic E-state index is 0.0385. The van der Waals surface area contributed by atoms with Gasteiger partial charge in [-0.05, 0) is 12.5 Å². The van der Waals surface area contributed by atoms with Crippen LogP contribution in [0.3, 0.4) is 0 Å². The van der Waals surface area contributed by atoms with Crippen molar-refractivity contribution in [3.8, 4) is 0 Å². The monoisotopic (exact) mass is 196 g/mol. The number of amides is 1. The molecule has 1 aromatic heterocycles. The molecule has 78 valence electrons. The summed E-state index contributed by atoms with van der Waals surface area (Å²) in [6.07, 6.45) is 4.26. The second-order valence-electron chi connectivity index (χ2n) is 3.18. The van der Waals surface area contributed by atoms with Crippen LogP contribution in [0.15, 0.2) is 18.5 Å². The fraction of sp³-hybridized carbons (Fsp3) is 0.556. The summed E-state index contributed by atoms with van der Waals surface area (Å²) in [4.78, 5) is 11.3. The molecule has 0 bridgehead atoms. The van der Waals surface area contributed by atoms with Gasteiger partial charge in [0.15, 0.2) is 0 Å². The summed E-state index contributed by atoms with van der Waals surface area (Å²) in [6, 6.07) is 1.82. The molecule has 1 heterocycles. The standard InChI is InChI=1S/C9H16N4O/c1-2-8(10)6-11-9(14)7-13-5-3-4-12-13/h3-5,8H,2,6-7,10H2,1H3,(H,11,14). The van der Waals surface area contributed by atoms with Crippen molar-refractivity contribution in [3.05, 3.63) is 18.5 Å². The van der Waals surface area contributed by atoms with E-state index in [1.54, 1.807) is 23.1 Å². The number of nitrogens with two attached hydrogens (primary N) is 1. The van der Waals surface area contributed by atoms with Gasteiger partial charge in [-0.25, -0.2) is 0 Å². The van der Waals surface area contributed by atoms with E-state index in [9.17, 15) is 4.79 Å². The predicted octanol–water partition coefficient (Wildman–Crippen LogP) is -0.263. The van der Waals surface area contributed by atoms with Gasteiger partial charge in [0, 0.05) is 25.0 Å². The Kier molecular flexibility index (Phi) is 4.12. The Morgan fingerprint density at radius 1 is 1.71 bits per heavy atom. The van der Waals surface area contributed by atoms with Gasteiger partial charge in [-0.2, -0.15) is 5.10 Å². The molecule has 0 saturated heterocycles.